The summed E-state index contributed by atoms with van der Waals surface area (Å²) < 4.78 is 13.4. The van der Waals surface area contributed by atoms with Gasteiger partial charge in [-0.2, -0.15) is 0 Å². The Bertz CT molecular complexity index is 595. The SMILES string of the molecule is Fc1cc(NC2CCN(c3ccccc3)CC2)ccc1Cl. The van der Waals surface area contributed by atoms with Gasteiger partial charge in [0, 0.05) is 30.5 Å². The summed E-state index contributed by atoms with van der Waals surface area (Å²) in [7, 11) is 0. The van der Waals surface area contributed by atoms with Gasteiger partial charge in [0.1, 0.15) is 5.82 Å². The van der Waals surface area contributed by atoms with Gasteiger partial charge in [0.15, 0.2) is 0 Å². The Hall–Kier alpha value is -1.74. The molecule has 2 aromatic rings. The average molecular weight is 305 g/mol. The standard InChI is InChI=1S/C17H18ClFN2/c18-16-7-6-14(12-17(16)19)20-13-8-10-21(11-9-13)15-4-2-1-3-5-15/h1-7,12-13,20H,8-11H2. The molecule has 0 amide bonds. The number of nitrogens with one attached hydrogen (secondary N) is 1. The van der Waals surface area contributed by atoms with Crippen LogP contribution in [0.2, 0.25) is 5.02 Å². The van der Waals surface area contributed by atoms with Gasteiger partial charge in [-0.15, -0.1) is 0 Å². The summed E-state index contributed by atoms with van der Waals surface area (Å²) in [4.78, 5) is 2.39. The zero-order valence-electron chi connectivity index (χ0n) is 11.7. The van der Waals surface area contributed by atoms with E-state index in [9.17, 15) is 4.39 Å². The first kappa shape index (κ1) is 14.2. The molecule has 1 aliphatic rings. The van der Waals surface area contributed by atoms with E-state index in [-0.39, 0.29) is 10.8 Å². The van der Waals surface area contributed by atoms with Crippen LogP contribution in [-0.2, 0) is 0 Å². The number of hydrogen-bond donors (Lipinski definition) is 1. The number of benzene rings is 2. The minimum Gasteiger partial charge on any atom is -0.382 e. The lowest BCUT2D eigenvalue weighted by Crippen LogP contribution is -2.39. The van der Waals surface area contributed by atoms with Crippen molar-refractivity contribution in [3.05, 3.63) is 59.4 Å². The summed E-state index contributed by atoms with van der Waals surface area (Å²) in [6, 6.07) is 15.7. The zero-order valence-corrected chi connectivity index (χ0v) is 12.5. The number of anilines is 2. The normalized spacial score (nSPS) is 16.0. The lowest BCUT2D eigenvalue weighted by Gasteiger charge is -2.34. The number of hydrogen-bond acceptors (Lipinski definition) is 2. The van der Waals surface area contributed by atoms with Crippen LogP contribution in [0.5, 0.6) is 0 Å². The molecule has 110 valence electrons. The highest BCUT2D eigenvalue weighted by Gasteiger charge is 2.19. The number of rotatable bonds is 3. The van der Waals surface area contributed by atoms with Crippen LogP contribution in [0.3, 0.4) is 0 Å². The van der Waals surface area contributed by atoms with Gasteiger partial charge in [-0.05, 0) is 43.2 Å². The van der Waals surface area contributed by atoms with Gasteiger partial charge in [-0.1, -0.05) is 29.8 Å². The van der Waals surface area contributed by atoms with Gasteiger partial charge >= 0.3 is 0 Å². The van der Waals surface area contributed by atoms with E-state index in [0.717, 1.165) is 31.6 Å². The molecule has 0 atom stereocenters. The Labute approximate surface area is 129 Å². The van der Waals surface area contributed by atoms with Crippen LogP contribution in [0, 0.1) is 5.82 Å². The highest BCUT2D eigenvalue weighted by Crippen LogP contribution is 2.23. The maximum Gasteiger partial charge on any atom is 0.143 e. The van der Waals surface area contributed by atoms with Crippen LogP contribution in [-0.4, -0.2) is 19.1 Å². The summed E-state index contributed by atoms with van der Waals surface area (Å²) in [5, 5.41) is 3.56. The number of para-hydroxylation sites is 1. The average Bonchev–Trinajstić information content (AvgIpc) is 2.53. The van der Waals surface area contributed by atoms with Crippen LogP contribution in [0.15, 0.2) is 48.5 Å². The Morgan fingerprint density at radius 1 is 1.05 bits per heavy atom. The fraction of sp³-hybridized carbons (Fsp3) is 0.294. The fourth-order valence-corrected chi connectivity index (χ4v) is 2.86. The van der Waals surface area contributed by atoms with E-state index in [1.54, 1.807) is 6.07 Å². The molecule has 0 aliphatic carbocycles. The second kappa shape index (κ2) is 6.35. The second-order valence-corrected chi connectivity index (χ2v) is 5.78. The van der Waals surface area contributed by atoms with E-state index in [4.69, 9.17) is 11.6 Å². The largest absolute Gasteiger partial charge is 0.382 e. The van der Waals surface area contributed by atoms with Crippen molar-refractivity contribution in [2.75, 3.05) is 23.3 Å². The van der Waals surface area contributed by atoms with Gasteiger partial charge < -0.3 is 10.2 Å². The first-order valence-electron chi connectivity index (χ1n) is 7.24. The molecule has 0 bridgehead atoms. The second-order valence-electron chi connectivity index (χ2n) is 5.37. The molecule has 0 spiro atoms. The van der Waals surface area contributed by atoms with E-state index in [1.165, 1.54) is 11.8 Å². The lowest BCUT2D eigenvalue weighted by atomic mass is 10.0. The Balaban J connectivity index is 1.57. The molecule has 1 aliphatic heterocycles. The molecule has 2 aromatic carbocycles. The van der Waals surface area contributed by atoms with Crippen molar-refractivity contribution < 1.29 is 4.39 Å². The van der Waals surface area contributed by atoms with Gasteiger partial charge in [-0.25, -0.2) is 4.39 Å². The summed E-state index contributed by atoms with van der Waals surface area (Å²) >= 11 is 5.70. The molecule has 0 radical (unpaired) electrons. The topological polar surface area (TPSA) is 15.3 Å². The predicted octanol–water partition coefficient (Wildman–Crippen LogP) is 4.56. The Morgan fingerprint density at radius 2 is 1.76 bits per heavy atom. The van der Waals surface area contributed by atoms with Gasteiger partial charge in [0.2, 0.25) is 0 Å². The highest BCUT2D eigenvalue weighted by molar-refractivity contribution is 6.30. The summed E-state index contributed by atoms with van der Waals surface area (Å²) in [5.41, 5.74) is 2.07. The van der Waals surface area contributed by atoms with Crippen molar-refractivity contribution in [3.63, 3.8) is 0 Å². The molecule has 1 N–H and O–H groups in total. The molecule has 1 heterocycles. The molecule has 0 unspecified atom stereocenters. The summed E-state index contributed by atoms with van der Waals surface area (Å²) in [6.07, 6.45) is 2.08. The monoisotopic (exact) mass is 304 g/mol. The Kier molecular flexibility index (Phi) is 4.30. The van der Waals surface area contributed by atoms with Crippen molar-refractivity contribution in [2.24, 2.45) is 0 Å². The van der Waals surface area contributed by atoms with Crippen molar-refractivity contribution in [3.8, 4) is 0 Å². The van der Waals surface area contributed by atoms with Crippen LogP contribution in [0.1, 0.15) is 12.8 Å². The number of nitrogens with zero attached hydrogens (tertiary/aromatic N) is 1. The third kappa shape index (κ3) is 3.48. The number of halogens is 2. The molecule has 0 saturated carbocycles. The van der Waals surface area contributed by atoms with E-state index < -0.39 is 0 Å². The van der Waals surface area contributed by atoms with E-state index in [0.29, 0.717) is 6.04 Å². The van der Waals surface area contributed by atoms with Gasteiger partial charge in [0.05, 0.1) is 5.02 Å². The summed E-state index contributed by atoms with van der Waals surface area (Å²) in [5.74, 6) is -0.372. The molecule has 21 heavy (non-hydrogen) atoms. The smallest absolute Gasteiger partial charge is 0.143 e. The highest BCUT2D eigenvalue weighted by atomic mass is 35.5. The summed E-state index contributed by atoms with van der Waals surface area (Å²) in [6.45, 7) is 2.02. The number of piperidine rings is 1. The van der Waals surface area contributed by atoms with Crippen LogP contribution in [0.25, 0.3) is 0 Å². The first-order chi connectivity index (χ1) is 10.2. The molecule has 4 heteroatoms. The predicted molar refractivity (Wildman–Crippen MR) is 86.7 cm³/mol. The third-order valence-corrected chi connectivity index (χ3v) is 4.21. The molecule has 1 saturated heterocycles. The van der Waals surface area contributed by atoms with Crippen LogP contribution in [0.4, 0.5) is 15.8 Å². The van der Waals surface area contributed by atoms with Crippen molar-refractivity contribution in [2.45, 2.75) is 18.9 Å². The minimum atomic E-state index is -0.372. The van der Waals surface area contributed by atoms with Crippen LogP contribution >= 0.6 is 11.6 Å². The van der Waals surface area contributed by atoms with E-state index in [1.807, 2.05) is 12.1 Å². The first-order valence-corrected chi connectivity index (χ1v) is 7.62. The molecule has 1 fully saturated rings. The fourth-order valence-electron chi connectivity index (χ4n) is 2.74. The van der Waals surface area contributed by atoms with Crippen molar-refractivity contribution >= 4 is 23.0 Å². The zero-order chi connectivity index (χ0) is 14.7. The van der Waals surface area contributed by atoms with E-state index >= 15 is 0 Å². The van der Waals surface area contributed by atoms with Crippen LogP contribution < -0.4 is 10.2 Å². The Morgan fingerprint density at radius 3 is 2.43 bits per heavy atom. The molecule has 2 nitrogen and oxygen atoms in total. The lowest BCUT2D eigenvalue weighted by molar-refractivity contribution is 0.526. The van der Waals surface area contributed by atoms with Gasteiger partial charge in [0.25, 0.3) is 0 Å². The quantitative estimate of drug-likeness (QED) is 0.894. The van der Waals surface area contributed by atoms with E-state index in [2.05, 4.69) is 34.5 Å². The maximum absolute atomic E-state index is 13.4. The molecular formula is C17H18ClFN2. The molecule has 0 aromatic heterocycles. The van der Waals surface area contributed by atoms with Crippen molar-refractivity contribution in [1.29, 1.82) is 0 Å². The van der Waals surface area contributed by atoms with Crippen molar-refractivity contribution in [1.82, 2.24) is 0 Å². The molecule has 3 rings (SSSR count). The van der Waals surface area contributed by atoms with Gasteiger partial charge in [-0.3, -0.25) is 0 Å². The minimum absolute atomic E-state index is 0.166. The molecular weight excluding hydrogens is 287 g/mol. The maximum atomic E-state index is 13.4. The third-order valence-electron chi connectivity index (χ3n) is 3.91.